The Bertz CT molecular complexity index is 2110. The fourth-order valence-corrected chi connectivity index (χ4v) is 7.95. The van der Waals surface area contributed by atoms with E-state index in [4.69, 9.17) is 19.2 Å². The van der Waals surface area contributed by atoms with E-state index in [-0.39, 0.29) is 12.2 Å². The van der Waals surface area contributed by atoms with E-state index < -0.39 is 12.0 Å². The number of carbonyl (C=O) groups excluding carboxylic acids is 1. The standard InChI is InChI=1S/C36H28BrIN2O5S/c1-3-44-35(42)30-31(23-12-8-5-9-13-23)39-36-40(32(30)24-14-16-27(43-2)17-15-24)34(41)29(46-36)19-25-18-26(37)20-28(38)33(25)45-21-22-10-6-4-7-11-22/h4-20,32H,3,21H2,1-2H3/b29-19-/t32-/m1/s1. The third-order valence-corrected chi connectivity index (χ3v) is 9.60. The largest absolute Gasteiger partial charge is 0.497 e. The van der Waals surface area contributed by atoms with E-state index in [1.54, 1.807) is 18.6 Å². The van der Waals surface area contributed by atoms with Gasteiger partial charge in [0.15, 0.2) is 4.80 Å². The maximum atomic E-state index is 14.4. The van der Waals surface area contributed by atoms with Crippen LogP contribution in [-0.4, -0.2) is 24.3 Å². The Balaban J connectivity index is 1.57. The first-order valence-electron chi connectivity index (χ1n) is 14.5. The van der Waals surface area contributed by atoms with Crippen LogP contribution in [0.25, 0.3) is 11.8 Å². The lowest BCUT2D eigenvalue weighted by atomic mass is 9.93. The highest BCUT2D eigenvalue weighted by molar-refractivity contribution is 14.1. The van der Waals surface area contributed by atoms with E-state index in [2.05, 4.69) is 38.5 Å². The number of methoxy groups -OCH3 is 1. The number of rotatable bonds is 9. The average molecular weight is 808 g/mol. The van der Waals surface area contributed by atoms with Crippen LogP contribution in [-0.2, 0) is 16.1 Å². The molecule has 232 valence electrons. The van der Waals surface area contributed by atoms with Gasteiger partial charge in [-0.3, -0.25) is 9.36 Å². The third kappa shape index (κ3) is 6.60. The molecule has 0 saturated heterocycles. The molecular weight excluding hydrogens is 779 g/mol. The van der Waals surface area contributed by atoms with Crippen LogP contribution in [0, 0.1) is 3.57 Å². The maximum absolute atomic E-state index is 14.4. The first-order chi connectivity index (χ1) is 22.4. The summed E-state index contributed by atoms with van der Waals surface area (Å²) in [5.41, 5.74) is 3.74. The van der Waals surface area contributed by atoms with E-state index >= 15 is 0 Å². The first-order valence-corrected chi connectivity index (χ1v) is 17.1. The quantitative estimate of drug-likeness (QED) is 0.120. The van der Waals surface area contributed by atoms with Crippen LogP contribution in [0.15, 0.2) is 117 Å². The van der Waals surface area contributed by atoms with Gasteiger partial charge in [-0.25, -0.2) is 9.79 Å². The number of halogens is 2. The third-order valence-electron chi connectivity index (χ3n) is 7.35. The molecule has 0 radical (unpaired) electrons. The van der Waals surface area contributed by atoms with Crippen LogP contribution >= 0.6 is 49.9 Å². The molecule has 0 aliphatic carbocycles. The monoisotopic (exact) mass is 806 g/mol. The molecule has 0 saturated carbocycles. The number of ether oxygens (including phenoxy) is 3. The van der Waals surface area contributed by atoms with Crippen LogP contribution in [0.5, 0.6) is 11.5 Å². The van der Waals surface area contributed by atoms with Crippen LogP contribution in [0.2, 0.25) is 0 Å². The summed E-state index contributed by atoms with van der Waals surface area (Å²) in [6.07, 6.45) is 1.83. The van der Waals surface area contributed by atoms with Crippen molar-refractivity contribution in [1.82, 2.24) is 4.57 Å². The minimum atomic E-state index is -0.782. The van der Waals surface area contributed by atoms with Gasteiger partial charge in [-0.1, -0.05) is 100 Å². The number of carbonyl (C=O) groups is 1. The molecule has 0 fully saturated rings. The van der Waals surface area contributed by atoms with Crippen molar-refractivity contribution >= 4 is 67.6 Å². The molecule has 1 aliphatic rings. The predicted molar refractivity (Wildman–Crippen MR) is 192 cm³/mol. The predicted octanol–water partition coefficient (Wildman–Crippen LogP) is 6.89. The molecule has 7 nitrogen and oxygen atoms in total. The number of benzene rings is 4. The Labute approximate surface area is 291 Å². The summed E-state index contributed by atoms with van der Waals surface area (Å²) in [6, 6.07) is 29.9. The fourth-order valence-electron chi connectivity index (χ4n) is 5.25. The van der Waals surface area contributed by atoms with Crippen molar-refractivity contribution in [1.29, 1.82) is 0 Å². The zero-order valence-corrected chi connectivity index (χ0v) is 29.5. The van der Waals surface area contributed by atoms with Crippen LogP contribution in [0.3, 0.4) is 0 Å². The summed E-state index contributed by atoms with van der Waals surface area (Å²) < 4.78 is 21.1. The first kappa shape index (κ1) is 32.0. The van der Waals surface area contributed by atoms with Gasteiger partial charge in [0.2, 0.25) is 0 Å². The fraction of sp³-hybridized carbons (Fsp3) is 0.139. The molecule has 0 N–H and O–H groups in total. The molecule has 4 aromatic carbocycles. The van der Waals surface area contributed by atoms with Crippen LogP contribution < -0.4 is 24.4 Å². The summed E-state index contributed by atoms with van der Waals surface area (Å²) in [7, 11) is 1.59. The molecule has 1 atom stereocenters. The number of esters is 1. The SMILES string of the molecule is CCOC(=O)C1=C(c2ccccc2)N=c2s/c(=C\c3cc(Br)cc(I)c3OCc3ccccc3)c(=O)n2[C@@H]1c1ccc(OC)cc1. The second-order valence-electron chi connectivity index (χ2n) is 10.3. The summed E-state index contributed by atoms with van der Waals surface area (Å²) in [6.45, 7) is 2.31. The molecule has 1 aromatic heterocycles. The Morgan fingerprint density at radius 3 is 2.39 bits per heavy atom. The summed E-state index contributed by atoms with van der Waals surface area (Å²) in [4.78, 5) is 33.5. The highest BCUT2D eigenvalue weighted by atomic mass is 127. The Hall–Kier alpha value is -4.00. The van der Waals surface area contributed by atoms with Gasteiger partial charge in [-0.2, -0.15) is 0 Å². The number of nitrogens with zero attached hydrogens (tertiary/aromatic N) is 2. The number of hydrogen-bond acceptors (Lipinski definition) is 7. The molecule has 0 amide bonds. The molecule has 6 rings (SSSR count). The van der Waals surface area contributed by atoms with Crippen molar-refractivity contribution in [2.75, 3.05) is 13.7 Å². The summed E-state index contributed by atoms with van der Waals surface area (Å²) in [5.74, 6) is 0.800. The minimum absolute atomic E-state index is 0.178. The molecule has 1 aliphatic heterocycles. The van der Waals surface area contributed by atoms with Gasteiger partial charge in [0.1, 0.15) is 18.1 Å². The highest BCUT2D eigenvalue weighted by Crippen LogP contribution is 2.36. The van der Waals surface area contributed by atoms with Gasteiger partial charge >= 0.3 is 5.97 Å². The molecule has 2 heterocycles. The Kier molecular flexibility index (Phi) is 9.86. The molecule has 0 spiro atoms. The van der Waals surface area contributed by atoms with Gasteiger partial charge < -0.3 is 14.2 Å². The Morgan fingerprint density at radius 1 is 1.02 bits per heavy atom. The second kappa shape index (κ2) is 14.2. The van der Waals surface area contributed by atoms with Crippen LogP contribution in [0.4, 0.5) is 0 Å². The zero-order chi connectivity index (χ0) is 32.2. The molecule has 0 bridgehead atoms. The van der Waals surface area contributed by atoms with E-state index in [1.165, 1.54) is 11.3 Å². The van der Waals surface area contributed by atoms with Crippen molar-refractivity contribution < 1.29 is 19.0 Å². The number of aromatic nitrogens is 1. The van der Waals surface area contributed by atoms with Crippen molar-refractivity contribution in [2.45, 2.75) is 19.6 Å². The Morgan fingerprint density at radius 2 is 1.72 bits per heavy atom. The lowest BCUT2D eigenvalue weighted by molar-refractivity contribution is -0.138. The minimum Gasteiger partial charge on any atom is -0.497 e. The normalized spacial score (nSPS) is 14.4. The van der Waals surface area contributed by atoms with Crippen LogP contribution in [0.1, 0.15) is 35.2 Å². The van der Waals surface area contributed by atoms with E-state index in [0.29, 0.717) is 38.7 Å². The lowest BCUT2D eigenvalue weighted by Gasteiger charge is -2.26. The van der Waals surface area contributed by atoms with E-state index in [9.17, 15) is 9.59 Å². The molecule has 46 heavy (non-hydrogen) atoms. The lowest BCUT2D eigenvalue weighted by Crippen LogP contribution is -2.40. The van der Waals surface area contributed by atoms with Gasteiger partial charge in [0.25, 0.3) is 5.56 Å². The van der Waals surface area contributed by atoms with Crippen molar-refractivity contribution in [3.05, 3.63) is 153 Å². The molecule has 0 unspecified atom stereocenters. The van der Waals surface area contributed by atoms with Crippen molar-refractivity contribution in [2.24, 2.45) is 4.99 Å². The maximum Gasteiger partial charge on any atom is 0.338 e. The smallest absolute Gasteiger partial charge is 0.338 e. The van der Waals surface area contributed by atoms with E-state index in [1.807, 2.05) is 103 Å². The van der Waals surface area contributed by atoms with Gasteiger partial charge in [-0.15, -0.1) is 0 Å². The topological polar surface area (TPSA) is 79.1 Å². The average Bonchev–Trinajstić information content (AvgIpc) is 3.38. The molecular formula is C36H28BrIN2O5S. The summed E-state index contributed by atoms with van der Waals surface area (Å²) >= 11 is 7.12. The van der Waals surface area contributed by atoms with Crippen molar-refractivity contribution in [3.63, 3.8) is 0 Å². The molecule has 5 aromatic rings. The van der Waals surface area contributed by atoms with Gasteiger partial charge in [0, 0.05) is 15.6 Å². The molecule has 10 heteroatoms. The van der Waals surface area contributed by atoms with Gasteiger partial charge in [-0.05, 0) is 71.0 Å². The number of hydrogen-bond donors (Lipinski definition) is 0. The van der Waals surface area contributed by atoms with Gasteiger partial charge in [0.05, 0.1) is 39.1 Å². The zero-order valence-electron chi connectivity index (χ0n) is 24.9. The second-order valence-corrected chi connectivity index (χ2v) is 13.4. The number of thiazole rings is 1. The van der Waals surface area contributed by atoms with E-state index in [0.717, 1.165) is 30.3 Å². The number of fused-ring (bicyclic) bond motifs is 1. The summed E-state index contributed by atoms with van der Waals surface area (Å²) in [5, 5.41) is 0. The highest BCUT2D eigenvalue weighted by Gasteiger charge is 2.35. The van der Waals surface area contributed by atoms with Crippen molar-refractivity contribution in [3.8, 4) is 11.5 Å².